The lowest BCUT2D eigenvalue weighted by atomic mass is 10.4. The Hall–Kier alpha value is -2.13. The second kappa shape index (κ2) is 5.57. The normalized spacial score (nSPS) is 8.87. The second-order valence-corrected chi connectivity index (χ2v) is 2.46. The van der Waals surface area contributed by atoms with Gasteiger partial charge in [0.05, 0.1) is 6.54 Å². The Balaban J connectivity index is 2.62. The number of aliphatic hydroxyl groups is 1. The number of nitrogens with zero attached hydrogens (tertiary/aromatic N) is 2. The van der Waals surface area contributed by atoms with E-state index < -0.39 is 5.97 Å². The highest BCUT2D eigenvalue weighted by atomic mass is 16.4. The van der Waals surface area contributed by atoms with Gasteiger partial charge >= 0.3 is 5.97 Å². The van der Waals surface area contributed by atoms with Crippen LogP contribution in [0.1, 0.15) is 10.5 Å². The van der Waals surface area contributed by atoms with E-state index in [1.54, 1.807) is 0 Å². The van der Waals surface area contributed by atoms with Crippen molar-refractivity contribution in [3.63, 3.8) is 0 Å². The summed E-state index contributed by atoms with van der Waals surface area (Å²) in [5, 5.41) is 19.8. The molecule has 6 heteroatoms. The highest BCUT2D eigenvalue weighted by Crippen LogP contribution is 2.02. The standard InChI is InChI=1S/C9H9N3O3/c13-4-2-1-3-10-8-5-7(9(14)15)11-6-12-8/h5-6,13H,3-4H2,(H,14,15)(H,10,11,12). The molecule has 0 saturated heterocycles. The minimum atomic E-state index is -1.11. The third-order valence-corrected chi connectivity index (χ3v) is 1.45. The fourth-order valence-corrected chi connectivity index (χ4v) is 0.824. The molecule has 0 radical (unpaired) electrons. The van der Waals surface area contributed by atoms with E-state index in [2.05, 4.69) is 27.1 Å². The average Bonchev–Trinajstić information content (AvgIpc) is 2.25. The van der Waals surface area contributed by atoms with E-state index in [9.17, 15) is 4.79 Å². The second-order valence-electron chi connectivity index (χ2n) is 2.46. The summed E-state index contributed by atoms with van der Waals surface area (Å²) in [6.07, 6.45) is 1.16. The number of rotatable bonds is 3. The first kappa shape index (κ1) is 10.9. The van der Waals surface area contributed by atoms with Gasteiger partial charge in [-0.15, -0.1) is 0 Å². The van der Waals surface area contributed by atoms with E-state index in [-0.39, 0.29) is 18.8 Å². The number of carbonyl (C=O) groups is 1. The van der Waals surface area contributed by atoms with Gasteiger partial charge in [-0.2, -0.15) is 0 Å². The van der Waals surface area contributed by atoms with Crippen LogP contribution in [-0.2, 0) is 0 Å². The first-order chi connectivity index (χ1) is 7.24. The number of carboxylic acid groups (broad SMARTS) is 1. The molecular weight excluding hydrogens is 198 g/mol. The molecule has 1 aromatic rings. The van der Waals surface area contributed by atoms with Crippen molar-refractivity contribution in [3.8, 4) is 11.8 Å². The molecule has 1 heterocycles. The van der Waals surface area contributed by atoms with E-state index >= 15 is 0 Å². The molecule has 0 fully saturated rings. The number of aliphatic hydroxyl groups excluding tert-OH is 1. The first-order valence-corrected chi connectivity index (χ1v) is 4.10. The van der Waals surface area contributed by atoms with Gasteiger partial charge in [-0.25, -0.2) is 14.8 Å². The van der Waals surface area contributed by atoms with Crippen LogP contribution in [0, 0.1) is 11.8 Å². The van der Waals surface area contributed by atoms with Gasteiger partial charge in [0.1, 0.15) is 18.8 Å². The lowest BCUT2D eigenvalue weighted by Crippen LogP contribution is -2.05. The molecule has 0 saturated carbocycles. The highest BCUT2D eigenvalue weighted by molar-refractivity contribution is 5.85. The Labute approximate surface area is 86.0 Å². The van der Waals surface area contributed by atoms with Gasteiger partial charge in [-0.3, -0.25) is 0 Å². The molecule has 0 bridgehead atoms. The molecule has 0 spiro atoms. The smallest absolute Gasteiger partial charge is 0.354 e. The van der Waals surface area contributed by atoms with Crippen LogP contribution in [-0.4, -0.2) is 39.3 Å². The monoisotopic (exact) mass is 207 g/mol. The van der Waals surface area contributed by atoms with Crippen LogP contribution in [0.25, 0.3) is 0 Å². The average molecular weight is 207 g/mol. The molecule has 1 rings (SSSR count). The van der Waals surface area contributed by atoms with Crippen molar-refractivity contribution in [2.75, 3.05) is 18.5 Å². The van der Waals surface area contributed by atoms with E-state index in [1.807, 2.05) is 0 Å². The molecule has 3 N–H and O–H groups in total. The van der Waals surface area contributed by atoms with Crippen LogP contribution in [0.5, 0.6) is 0 Å². The van der Waals surface area contributed by atoms with Crippen molar-refractivity contribution in [2.45, 2.75) is 0 Å². The summed E-state index contributed by atoms with van der Waals surface area (Å²) in [5.41, 5.74) is -0.0809. The lowest BCUT2D eigenvalue weighted by molar-refractivity contribution is 0.0690. The van der Waals surface area contributed by atoms with Crippen molar-refractivity contribution >= 4 is 11.8 Å². The molecular formula is C9H9N3O3. The zero-order valence-electron chi connectivity index (χ0n) is 7.77. The van der Waals surface area contributed by atoms with Gasteiger partial charge in [-0.1, -0.05) is 11.8 Å². The van der Waals surface area contributed by atoms with Gasteiger partial charge in [0.25, 0.3) is 0 Å². The highest BCUT2D eigenvalue weighted by Gasteiger charge is 2.04. The third kappa shape index (κ3) is 3.62. The Morgan fingerprint density at radius 1 is 1.47 bits per heavy atom. The van der Waals surface area contributed by atoms with E-state index in [4.69, 9.17) is 10.2 Å². The summed E-state index contributed by atoms with van der Waals surface area (Å²) in [7, 11) is 0. The van der Waals surface area contributed by atoms with Crippen molar-refractivity contribution in [1.82, 2.24) is 9.97 Å². The predicted octanol–water partition coefficient (Wildman–Crippen LogP) is -0.418. The molecule has 0 aliphatic rings. The van der Waals surface area contributed by atoms with Crippen LogP contribution in [0.15, 0.2) is 12.4 Å². The van der Waals surface area contributed by atoms with Crippen LogP contribution < -0.4 is 5.32 Å². The van der Waals surface area contributed by atoms with Crippen molar-refractivity contribution in [1.29, 1.82) is 0 Å². The quantitative estimate of drug-likeness (QED) is 0.583. The Morgan fingerprint density at radius 3 is 2.93 bits per heavy atom. The van der Waals surface area contributed by atoms with Crippen molar-refractivity contribution in [3.05, 3.63) is 18.1 Å². The largest absolute Gasteiger partial charge is 0.477 e. The molecule has 0 unspecified atom stereocenters. The van der Waals surface area contributed by atoms with Gasteiger partial charge < -0.3 is 15.5 Å². The molecule has 1 aromatic heterocycles. The summed E-state index contributed by atoms with van der Waals surface area (Å²) in [6.45, 7) is 0.0858. The summed E-state index contributed by atoms with van der Waals surface area (Å²) in [6, 6.07) is 1.31. The van der Waals surface area contributed by atoms with Crippen LogP contribution >= 0.6 is 0 Å². The number of aromatic nitrogens is 2. The topological polar surface area (TPSA) is 95.3 Å². The molecule has 0 atom stereocenters. The van der Waals surface area contributed by atoms with Gasteiger partial charge in [-0.05, 0) is 0 Å². The van der Waals surface area contributed by atoms with Gasteiger partial charge in [0.2, 0.25) is 0 Å². The molecule has 6 nitrogen and oxygen atoms in total. The lowest BCUT2D eigenvalue weighted by Gasteiger charge is -2.00. The third-order valence-electron chi connectivity index (χ3n) is 1.45. The molecule has 0 aliphatic heterocycles. The van der Waals surface area contributed by atoms with E-state index in [0.29, 0.717) is 5.82 Å². The number of nitrogens with one attached hydrogen (secondary N) is 1. The minimum absolute atomic E-state index is 0.0809. The number of anilines is 1. The van der Waals surface area contributed by atoms with Crippen LogP contribution in [0.3, 0.4) is 0 Å². The summed E-state index contributed by atoms with van der Waals surface area (Å²) in [4.78, 5) is 17.9. The number of hydrogen-bond acceptors (Lipinski definition) is 5. The van der Waals surface area contributed by atoms with E-state index in [1.165, 1.54) is 6.07 Å². The van der Waals surface area contributed by atoms with E-state index in [0.717, 1.165) is 6.33 Å². The van der Waals surface area contributed by atoms with Crippen molar-refractivity contribution < 1.29 is 15.0 Å². The molecule has 0 amide bonds. The zero-order valence-corrected chi connectivity index (χ0v) is 7.77. The van der Waals surface area contributed by atoms with Crippen molar-refractivity contribution in [2.24, 2.45) is 0 Å². The maximum absolute atomic E-state index is 10.6. The fourth-order valence-electron chi connectivity index (χ4n) is 0.824. The predicted molar refractivity (Wildman–Crippen MR) is 52.3 cm³/mol. The molecule has 0 aliphatic carbocycles. The van der Waals surface area contributed by atoms with Crippen LogP contribution in [0.2, 0.25) is 0 Å². The maximum atomic E-state index is 10.6. The zero-order chi connectivity index (χ0) is 11.1. The van der Waals surface area contributed by atoms with Crippen LogP contribution in [0.4, 0.5) is 5.82 Å². The molecule has 78 valence electrons. The minimum Gasteiger partial charge on any atom is -0.477 e. The summed E-state index contributed by atoms with van der Waals surface area (Å²) >= 11 is 0. The summed E-state index contributed by atoms with van der Waals surface area (Å²) < 4.78 is 0. The molecule has 0 aromatic carbocycles. The maximum Gasteiger partial charge on any atom is 0.354 e. The SMILES string of the molecule is O=C(O)c1cc(NCC#CCO)ncn1. The molecule has 15 heavy (non-hydrogen) atoms. The number of aromatic carboxylic acids is 1. The Morgan fingerprint density at radius 2 is 2.27 bits per heavy atom. The van der Waals surface area contributed by atoms with Gasteiger partial charge in [0.15, 0.2) is 5.69 Å². The summed E-state index contributed by atoms with van der Waals surface area (Å²) in [5.74, 6) is 4.33. The number of carboxylic acids is 1. The first-order valence-electron chi connectivity index (χ1n) is 4.10. The number of hydrogen-bond donors (Lipinski definition) is 3. The van der Waals surface area contributed by atoms with Gasteiger partial charge in [0, 0.05) is 6.07 Å². The fraction of sp³-hybridized carbons (Fsp3) is 0.222. The Kier molecular flexibility index (Phi) is 4.06. The Bertz CT molecular complexity index is 409.